The van der Waals surface area contributed by atoms with Crippen LogP contribution < -0.4 is 0 Å². The van der Waals surface area contributed by atoms with Crippen LogP contribution in [0.1, 0.15) is 38.7 Å². The standard InChI is InChI=1S/C16H19NO2/c1-5-14(15(17-4)16(18)19-6-2)12(3)13-10-8-7-9-11-13/h7-12H,5-6H2,1-3H3/b15-14+. The van der Waals surface area contributed by atoms with E-state index in [0.717, 1.165) is 11.1 Å². The number of nitrogens with zero attached hydrogens (tertiary/aromatic N) is 1. The van der Waals surface area contributed by atoms with E-state index in [0.29, 0.717) is 6.42 Å². The van der Waals surface area contributed by atoms with Crippen LogP contribution in [0.5, 0.6) is 0 Å². The number of benzene rings is 1. The highest BCUT2D eigenvalue weighted by molar-refractivity contribution is 5.91. The average Bonchev–Trinajstić information content (AvgIpc) is 2.45. The summed E-state index contributed by atoms with van der Waals surface area (Å²) in [5.41, 5.74) is 2.06. The number of rotatable bonds is 5. The van der Waals surface area contributed by atoms with Gasteiger partial charge in [0.2, 0.25) is 0 Å². The molecule has 19 heavy (non-hydrogen) atoms. The molecule has 0 N–H and O–H groups in total. The SMILES string of the molecule is [C-]#[N+]/C(C(=O)OCC)=C(\CC)C(C)c1ccccc1. The molecular formula is C16H19NO2. The molecule has 1 unspecified atom stereocenters. The lowest BCUT2D eigenvalue weighted by molar-refractivity contribution is -0.138. The number of hydrogen-bond acceptors (Lipinski definition) is 2. The number of carbonyl (C=O) groups excluding carboxylic acids is 1. The smallest absolute Gasteiger partial charge is 0.336 e. The Hall–Kier alpha value is -2.08. The molecule has 1 rings (SSSR count). The Kier molecular flexibility index (Phi) is 5.81. The fourth-order valence-electron chi connectivity index (χ4n) is 2.07. The molecule has 0 spiro atoms. The lowest BCUT2D eigenvalue weighted by atomic mass is 9.90. The zero-order valence-corrected chi connectivity index (χ0v) is 11.6. The molecule has 0 heterocycles. The van der Waals surface area contributed by atoms with E-state index in [1.807, 2.05) is 44.2 Å². The van der Waals surface area contributed by atoms with Crippen molar-refractivity contribution in [2.75, 3.05) is 6.61 Å². The van der Waals surface area contributed by atoms with Crippen LogP contribution in [0, 0.1) is 6.57 Å². The zero-order chi connectivity index (χ0) is 14.3. The molecule has 0 radical (unpaired) electrons. The van der Waals surface area contributed by atoms with Gasteiger partial charge in [-0.05, 0) is 30.4 Å². The molecule has 0 saturated carbocycles. The second kappa shape index (κ2) is 7.38. The second-order valence-electron chi connectivity index (χ2n) is 4.19. The first-order chi connectivity index (χ1) is 9.15. The minimum atomic E-state index is -0.517. The Morgan fingerprint density at radius 3 is 2.42 bits per heavy atom. The van der Waals surface area contributed by atoms with Crippen LogP contribution in [0.3, 0.4) is 0 Å². The highest BCUT2D eigenvalue weighted by atomic mass is 16.5. The number of hydrogen-bond donors (Lipinski definition) is 0. The molecule has 0 aliphatic heterocycles. The second-order valence-corrected chi connectivity index (χ2v) is 4.19. The Balaban J connectivity index is 3.17. The van der Waals surface area contributed by atoms with Gasteiger partial charge < -0.3 is 4.74 Å². The van der Waals surface area contributed by atoms with Crippen LogP contribution in [0.2, 0.25) is 0 Å². The van der Waals surface area contributed by atoms with Crippen molar-refractivity contribution in [1.29, 1.82) is 0 Å². The molecule has 0 aliphatic rings. The molecule has 1 aromatic carbocycles. The maximum absolute atomic E-state index is 11.8. The first-order valence-corrected chi connectivity index (χ1v) is 6.48. The molecule has 0 bridgehead atoms. The summed E-state index contributed by atoms with van der Waals surface area (Å²) in [5, 5.41) is 0. The molecule has 0 amide bonds. The fraction of sp³-hybridized carbons (Fsp3) is 0.375. The Morgan fingerprint density at radius 1 is 1.32 bits per heavy atom. The fourth-order valence-corrected chi connectivity index (χ4v) is 2.07. The molecule has 100 valence electrons. The minimum Gasteiger partial charge on any atom is -0.471 e. The predicted octanol–water partition coefficient (Wildman–Crippen LogP) is 3.94. The highest BCUT2D eigenvalue weighted by Gasteiger charge is 2.21. The van der Waals surface area contributed by atoms with E-state index in [9.17, 15) is 4.79 Å². The topological polar surface area (TPSA) is 30.7 Å². The van der Waals surface area contributed by atoms with Crippen LogP contribution in [-0.4, -0.2) is 12.6 Å². The summed E-state index contributed by atoms with van der Waals surface area (Å²) in [4.78, 5) is 15.2. The maximum atomic E-state index is 11.8. The number of allylic oxidation sites excluding steroid dienone is 1. The van der Waals surface area contributed by atoms with Crippen molar-refractivity contribution >= 4 is 5.97 Å². The Bertz CT molecular complexity index is 497. The monoisotopic (exact) mass is 257 g/mol. The highest BCUT2D eigenvalue weighted by Crippen LogP contribution is 2.29. The maximum Gasteiger partial charge on any atom is 0.336 e. The van der Waals surface area contributed by atoms with Gasteiger partial charge in [0.15, 0.2) is 0 Å². The van der Waals surface area contributed by atoms with Gasteiger partial charge in [-0.15, -0.1) is 0 Å². The summed E-state index contributed by atoms with van der Waals surface area (Å²) in [7, 11) is 0. The van der Waals surface area contributed by atoms with Crippen LogP contribution >= 0.6 is 0 Å². The van der Waals surface area contributed by atoms with Crippen molar-refractivity contribution in [1.82, 2.24) is 0 Å². The summed E-state index contributed by atoms with van der Waals surface area (Å²) >= 11 is 0. The summed E-state index contributed by atoms with van der Waals surface area (Å²) in [6.07, 6.45) is 0.659. The number of ether oxygens (including phenoxy) is 1. The molecule has 1 atom stereocenters. The molecular weight excluding hydrogens is 238 g/mol. The number of esters is 1. The third-order valence-corrected chi connectivity index (χ3v) is 3.09. The van der Waals surface area contributed by atoms with Crippen molar-refractivity contribution in [3.05, 3.63) is 58.6 Å². The van der Waals surface area contributed by atoms with Gasteiger partial charge in [-0.3, -0.25) is 4.79 Å². The van der Waals surface area contributed by atoms with Gasteiger partial charge in [0.25, 0.3) is 5.70 Å². The molecule has 0 saturated heterocycles. The van der Waals surface area contributed by atoms with Crippen molar-refractivity contribution in [3.63, 3.8) is 0 Å². The van der Waals surface area contributed by atoms with Gasteiger partial charge in [-0.2, -0.15) is 0 Å². The van der Waals surface area contributed by atoms with Crippen LogP contribution in [0.15, 0.2) is 41.6 Å². The van der Waals surface area contributed by atoms with Crippen LogP contribution in [-0.2, 0) is 9.53 Å². The van der Waals surface area contributed by atoms with E-state index in [-0.39, 0.29) is 18.2 Å². The Labute approximate surface area is 114 Å². The van der Waals surface area contributed by atoms with Crippen molar-refractivity contribution in [3.8, 4) is 0 Å². The quantitative estimate of drug-likeness (QED) is 0.454. The lowest BCUT2D eigenvalue weighted by Crippen LogP contribution is -2.10. The largest absolute Gasteiger partial charge is 0.471 e. The van der Waals surface area contributed by atoms with Gasteiger partial charge in [-0.1, -0.05) is 44.2 Å². The molecule has 0 fully saturated rings. The molecule has 0 aromatic heterocycles. The van der Waals surface area contributed by atoms with Crippen molar-refractivity contribution in [2.45, 2.75) is 33.1 Å². The summed E-state index contributed by atoms with van der Waals surface area (Å²) in [6, 6.07) is 9.88. The van der Waals surface area contributed by atoms with E-state index in [1.165, 1.54) is 0 Å². The summed E-state index contributed by atoms with van der Waals surface area (Å²) in [6.45, 7) is 13.2. The first kappa shape index (κ1) is 15.0. The van der Waals surface area contributed by atoms with E-state index < -0.39 is 5.97 Å². The van der Waals surface area contributed by atoms with Gasteiger partial charge in [-0.25, -0.2) is 4.85 Å². The van der Waals surface area contributed by atoms with Crippen molar-refractivity contribution < 1.29 is 9.53 Å². The lowest BCUT2D eigenvalue weighted by Gasteiger charge is -2.17. The van der Waals surface area contributed by atoms with Crippen molar-refractivity contribution in [2.24, 2.45) is 0 Å². The predicted molar refractivity (Wildman–Crippen MR) is 75.4 cm³/mol. The summed E-state index contributed by atoms with van der Waals surface area (Å²) in [5.74, 6) is -0.475. The van der Waals surface area contributed by atoms with E-state index in [2.05, 4.69) is 4.85 Å². The molecule has 3 heteroatoms. The van der Waals surface area contributed by atoms with Gasteiger partial charge in [0.1, 0.15) is 0 Å². The van der Waals surface area contributed by atoms with Gasteiger partial charge in [0.05, 0.1) is 13.2 Å². The number of carbonyl (C=O) groups is 1. The minimum absolute atomic E-state index is 0.0414. The zero-order valence-electron chi connectivity index (χ0n) is 11.6. The van der Waals surface area contributed by atoms with Crippen LogP contribution in [0.4, 0.5) is 0 Å². The molecule has 1 aromatic rings. The average molecular weight is 257 g/mol. The van der Waals surface area contributed by atoms with E-state index in [4.69, 9.17) is 11.3 Å². The first-order valence-electron chi connectivity index (χ1n) is 6.48. The van der Waals surface area contributed by atoms with E-state index in [1.54, 1.807) is 6.92 Å². The van der Waals surface area contributed by atoms with E-state index >= 15 is 0 Å². The Morgan fingerprint density at radius 2 is 1.95 bits per heavy atom. The van der Waals surface area contributed by atoms with Gasteiger partial charge in [0, 0.05) is 0 Å². The summed E-state index contributed by atoms with van der Waals surface area (Å²) < 4.78 is 4.95. The molecule has 3 nitrogen and oxygen atoms in total. The van der Waals surface area contributed by atoms with Gasteiger partial charge >= 0.3 is 5.97 Å². The van der Waals surface area contributed by atoms with Crippen LogP contribution in [0.25, 0.3) is 4.85 Å². The third-order valence-electron chi connectivity index (χ3n) is 3.09. The third kappa shape index (κ3) is 3.69. The molecule has 0 aliphatic carbocycles. The normalized spacial score (nSPS) is 13.2.